The van der Waals surface area contributed by atoms with Crippen molar-refractivity contribution < 1.29 is 4.74 Å². The monoisotopic (exact) mass is 268 g/mol. The van der Waals surface area contributed by atoms with E-state index in [1.54, 1.807) is 0 Å². The normalized spacial score (nSPS) is 23.8. The average molecular weight is 269 g/mol. The molecule has 0 saturated heterocycles. The lowest BCUT2D eigenvalue weighted by Gasteiger charge is -2.21. The summed E-state index contributed by atoms with van der Waals surface area (Å²) in [6.45, 7) is 8.63. The highest BCUT2D eigenvalue weighted by atomic mass is 79.9. The zero-order chi connectivity index (χ0) is 11.2. The maximum absolute atomic E-state index is 6.09. The first-order valence-electron chi connectivity index (χ1n) is 5.31. The van der Waals surface area contributed by atoms with Gasteiger partial charge in [-0.3, -0.25) is 0 Å². The lowest BCUT2D eigenvalue weighted by molar-refractivity contribution is 0.144. The topological polar surface area (TPSA) is 9.23 Å². The van der Waals surface area contributed by atoms with Crippen LogP contribution in [0.2, 0.25) is 0 Å². The predicted molar refractivity (Wildman–Crippen MR) is 67.2 cm³/mol. The molecule has 1 aromatic rings. The van der Waals surface area contributed by atoms with Crippen molar-refractivity contribution in [3.8, 4) is 5.75 Å². The highest BCUT2D eigenvalue weighted by Crippen LogP contribution is 2.41. The third kappa shape index (κ3) is 1.69. The second-order valence-corrected chi connectivity index (χ2v) is 5.37. The minimum Gasteiger partial charge on any atom is -0.486 e. The largest absolute Gasteiger partial charge is 0.486 e. The van der Waals surface area contributed by atoms with Gasteiger partial charge in [0.1, 0.15) is 11.4 Å². The number of halogens is 1. The van der Waals surface area contributed by atoms with Crippen LogP contribution >= 0.6 is 15.9 Å². The molecule has 1 aromatic carbocycles. The molecule has 2 heteroatoms. The van der Waals surface area contributed by atoms with Crippen molar-refractivity contribution in [2.24, 2.45) is 0 Å². The van der Waals surface area contributed by atoms with Crippen molar-refractivity contribution in [3.05, 3.63) is 28.3 Å². The van der Waals surface area contributed by atoms with Crippen LogP contribution in [0.5, 0.6) is 5.75 Å². The Morgan fingerprint density at radius 1 is 1.33 bits per heavy atom. The Balaban J connectivity index is 2.54. The zero-order valence-corrected chi connectivity index (χ0v) is 11.4. The predicted octanol–water partition coefficient (Wildman–Crippen LogP) is 3.70. The first kappa shape index (κ1) is 11.0. The van der Waals surface area contributed by atoms with Crippen LogP contribution in [-0.4, -0.2) is 10.9 Å². The van der Waals surface area contributed by atoms with Crippen molar-refractivity contribution in [3.63, 3.8) is 0 Å². The van der Waals surface area contributed by atoms with E-state index in [1.165, 1.54) is 22.3 Å². The van der Waals surface area contributed by atoms with E-state index in [4.69, 9.17) is 4.74 Å². The number of rotatable bonds is 1. The standard InChI is InChI=1S/C13H17BrO/c1-8-5-9(2)11-6-13(4,7-14)15-12(11)10(8)3/h5H,6-7H2,1-4H3/t13-/m1/s1. The number of aryl methyl sites for hydroxylation is 2. The number of benzene rings is 1. The van der Waals surface area contributed by atoms with Crippen molar-refractivity contribution >= 4 is 15.9 Å². The second-order valence-electron chi connectivity index (χ2n) is 4.81. The molecular formula is C13H17BrO. The summed E-state index contributed by atoms with van der Waals surface area (Å²) in [6, 6.07) is 2.26. The fraction of sp³-hybridized carbons (Fsp3) is 0.538. The lowest BCUT2D eigenvalue weighted by atomic mass is 9.94. The minimum atomic E-state index is -0.0638. The van der Waals surface area contributed by atoms with Gasteiger partial charge in [-0.05, 0) is 44.4 Å². The molecule has 0 unspecified atom stereocenters. The van der Waals surface area contributed by atoms with Crippen LogP contribution < -0.4 is 4.74 Å². The van der Waals surface area contributed by atoms with Gasteiger partial charge in [-0.25, -0.2) is 0 Å². The van der Waals surface area contributed by atoms with E-state index in [-0.39, 0.29) is 5.60 Å². The highest BCUT2D eigenvalue weighted by molar-refractivity contribution is 9.09. The third-order valence-electron chi connectivity index (χ3n) is 3.30. The molecule has 1 aliphatic heterocycles. The lowest BCUT2D eigenvalue weighted by Crippen LogP contribution is -2.32. The number of ether oxygens (including phenoxy) is 1. The Bertz CT molecular complexity index is 411. The van der Waals surface area contributed by atoms with E-state index in [9.17, 15) is 0 Å². The maximum atomic E-state index is 6.09. The van der Waals surface area contributed by atoms with Gasteiger partial charge in [-0.1, -0.05) is 22.0 Å². The molecule has 0 N–H and O–H groups in total. The third-order valence-corrected chi connectivity index (χ3v) is 4.48. The van der Waals surface area contributed by atoms with Gasteiger partial charge in [-0.15, -0.1) is 0 Å². The van der Waals surface area contributed by atoms with Gasteiger partial charge in [0.15, 0.2) is 0 Å². The quantitative estimate of drug-likeness (QED) is 0.706. The molecule has 0 aliphatic carbocycles. The van der Waals surface area contributed by atoms with Crippen LogP contribution in [-0.2, 0) is 6.42 Å². The van der Waals surface area contributed by atoms with Crippen LogP contribution in [0.1, 0.15) is 29.2 Å². The first-order chi connectivity index (χ1) is 6.97. The maximum Gasteiger partial charge on any atom is 0.126 e. The molecular weight excluding hydrogens is 252 g/mol. The molecule has 1 aliphatic rings. The molecule has 0 fully saturated rings. The van der Waals surface area contributed by atoms with E-state index in [0.717, 1.165) is 17.5 Å². The fourth-order valence-electron chi connectivity index (χ4n) is 2.19. The zero-order valence-electron chi connectivity index (χ0n) is 9.78. The molecule has 0 saturated carbocycles. The summed E-state index contributed by atoms with van der Waals surface area (Å²) in [4.78, 5) is 0. The molecule has 0 spiro atoms. The molecule has 0 bridgehead atoms. The SMILES string of the molecule is Cc1cc(C)c2c(c1C)O[C@@](C)(CBr)C2. The summed E-state index contributed by atoms with van der Waals surface area (Å²) in [5, 5.41) is 0.882. The van der Waals surface area contributed by atoms with E-state index in [1.807, 2.05) is 0 Å². The van der Waals surface area contributed by atoms with Gasteiger partial charge in [0, 0.05) is 17.3 Å². The van der Waals surface area contributed by atoms with Crippen molar-refractivity contribution in [1.29, 1.82) is 0 Å². The Labute approximate surface area is 100.0 Å². The van der Waals surface area contributed by atoms with Crippen LogP contribution in [0.4, 0.5) is 0 Å². The van der Waals surface area contributed by atoms with Crippen LogP contribution in [0.15, 0.2) is 6.07 Å². The Kier molecular flexibility index (Phi) is 2.58. The first-order valence-corrected chi connectivity index (χ1v) is 6.43. The second kappa shape index (κ2) is 3.51. The molecule has 82 valence electrons. The van der Waals surface area contributed by atoms with Crippen LogP contribution in [0.25, 0.3) is 0 Å². The van der Waals surface area contributed by atoms with Gasteiger partial charge in [0.25, 0.3) is 0 Å². The Morgan fingerprint density at radius 2 is 2.00 bits per heavy atom. The average Bonchev–Trinajstić information content (AvgIpc) is 2.55. The molecule has 0 aromatic heterocycles. The number of hydrogen-bond donors (Lipinski definition) is 0. The van der Waals surface area contributed by atoms with Crippen LogP contribution in [0, 0.1) is 20.8 Å². The molecule has 1 atom stereocenters. The van der Waals surface area contributed by atoms with Crippen molar-refractivity contribution in [2.75, 3.05) is 5.33 Å². The summed E-state index contributed by atoms with van der Waals surface area (Å²) in [5.41, 5.74) is 5.30. The van der Waals surface area contributed by atoms with Gasteiger partial charge in [-0.2, -0.15) is 0 Å². The van der Waals surface area contributed by atoms with Crippen LogP contribution in [0.3, 0.4) is 0 Å². The summed E-state index contributed by atoms with van der Waals surface area (Å²) in [5.74, 6) is 1.12. The summed E-state index contributed by atoms with van der Waals surface area (Å²) >= 11 is 3.53. The number of fused-ring (bicyclic) bond motifs is 1. The summed E-state index contributed by atoms with van der Waals surface area (Å²) in [6.07, 6.45) is 1.01. The van der Waals surface area contributed by atoms with E-state index in [2.05, 4.69) is 49.7 Å². The smallest absolute Gasteiger partial charge is 0.126 e. The molecule has 1 nitrogen and oxygen atoms in total. The van der Waals surface area contributed by atoms with Gasteiger partial charge in [0.2, 0.25) is 0 Å². The van der Waals surface area contributed by atoms with Gasteiger partial charge < -0.3 is 4.74 Å². The summed E-state index contributed by atoms with van der Waals surface area (Å²) in [7, 11) is 0. The molecule has 2 rings (SSSR count). The molecule has 15 heavy (non-hydrogen) atoms. The van der Waals surface area contributed by atoms with Crippen molar-refractivity contribution in [1.82, 2.24) is 0 Å². The van der Waals surface area contributed by atoms with Gasteiger partial charge >= 0.3 is 0 Å². The van der Waals surface area contributed by atoms with Crippen molar-refractivity contribution in [2.45, 2.75) is 39.7 Å². The number of alkyl halides is 1. The fourth-order valence-corrected chi connectivity index (χ4v) is 2.51. The highest BCUT2D eigenvalue weighted by Gasteiger charge is 2.35. The van der Waals surface area contributed by atoms with E-state index >= 15 is 0 Å². The van der Waals surface area contributed by atoms with E-state index in [0.29, 0.717) is 0 Å². The summed E-state index contributed by atoms with van der Waals surface area (Å²) < 4.78 is 6.09. The Hall–Kier alpha value is -0.500. The van der Waals surface area contributed by atoms with Gasteiger partial charge in [0.05, 0.1) is 0 Å². The van der Waals surface area contributed by atoms with E-state index < -0.39 is 0 Å². The molecule has 0 radical (unpaired) electrons. The number of hydrogen-bond acceptors (Lipinski definition) is 1. The molecule has 0 amide bonds. The minimum absolute atomic E-state index is 0.0638. The Morgan fingerprint density at radius 3 is 2.60 bits per heavy atom. The molecule has 1 heterocycles.